The first-order valence-corrected chi connectivity index (χ1v) is 8.96. The highest BCUT2D eigenvalue weighted by molar-refractivity contribution is 6.00. The fourth-order valence-corrected chi connectivity index (χ4v) is 3.53. The van der Waals surface area contributed by atoms with E-state index in [0.717, 1.165) is 31.4 Å². The van der Waals surface area contributed by atoms with Gasteiger partial charge in [0.25, 0.3) is 5.91 Å². The van der Waals surface area contributed by atoms with E-state index in [1.165, 1.54) is 0 Å². The minimum Gasteiger partial charge on any atom is -0.481 e. The van der Waals surface area contributed by atoms with E-state index in [2.05, 4.69) is 16.3 Å². The summed E-state index contributed by atoms with van der Waals surface area (Å²) in [5.41, 5.74) is 7.40. The molecule has 8 nitrogen and oxygen atoms in total. The monoisotopic (exact) mass is 360 g/mol. The quantitative estimate of drug-likeness (QED) is 0.610. The van der Waals surface area contributed by atoms with E-state index in [0.29, 0.717) is 18.0 Å². The predicted molar refractivity (Wildman–Crippen MR) is 94.9 cm³/mol. The molecule has 1 aliphatic carbocycles. The Morgan fingerprint density at radius 1 is 1.19 bits per heavy atom. The van der Waals surface area contributed by atoms with Crippen LogP contribution >= 0.6 is 0 Å². The number of para-hydroxylation sites is 1. The molecule has 0 unspecified atom stereocenters. The van der Waals surface area contributed by atoms with Gasteiger partial charge >= 0.3 is 5.97 Å². The summed E-state index contributed by atoms with van der Waals surface area (Å²) >= 11 is 0. The molecule has 0 saturated heterocycles. The van der Waals surface area contributed by atoms with E-state index in [-0.39, 0.29) is 30.7 Å². The van der Waals surface area contributed by atoms with Crippen molar-refractivity contribution >= 4 is 23.5 Å². The molecular formula is C18H24N4O4. The normalized spacial score (nSPS) is 22.3. The van der Waals surface area contributed by atoms with E-state index >= 15 is 0 Å². The number of amides is 2. The number of aliphatic carboxylic acids is 1. The number of hydrogen-bond donors (Lipinski definition) is 4. The number of anilines is 1. The van der Waals surface area contributed by atoms with Crippen LogP contribution in [0.3, 0.4) is 0 Å². The molecular weight excluding hydrogens is 336 g/mol. The van der Waals surface area contributed by atoms with Crippen molar-refractivity contribution < 1.29 is 19.5 Å². The van der Waals surface area contributed by atoms with E-state index in [4.69, 9.17) is 5.11 Å². The first-order chi connectivity index (χ1) is 12.5. The first-order valence-electron chi connectivity index (χ1n) is 8.96. The molecule has 26 heavy (non-hydrogen) atoms. The van der Waals surface area contributed by atoms with Crippen LogP contribution < -0.4 is 16.3 Å². The topological polar surface area (TPSA) is 111 Å². The number of carboxylic acids is 1. The zero-order valence-electron chi connectivity index (χ0n) is 14.5. The Labute approximate surface area is 151 Å². The van der Waals surface area contributed by atoms with E-state index in [1.807, 2.05) is 18.2 Å². The lowest BCUT2D eigenvalue weighted by Gasteiger charge is -2.35. The average molecular weight is 360 g/mol. The summed E-state index contributed by atoms with van der Waals surface area (Å²) < 4.78 is 0. The maximum absolute atomic E-state index is 12.5. The van der Waals surface area contributed by atoms with Gasteiger partial charge in [-0.2, -0.15) is 0 Å². The highest BCUT2D eigenvalue weighted by Crippen LogP contribution is 2.30. The molecule has 140 valence electrons. The lowest BCUT2D eigenvalue weighted by atomic mass is 9.81. The summed E-state index contributed by atoms with van der Waals surface area (Å²) in [6.07, 6.45) is 3.19. The molecule has 2 aliphatic rings. The molecule has 1 fully saturated rings. The van der Waals surface area contributed by atoms with Crippen LogP contribution in [0.25, 0.3) is 0 Å². The predicted octanol–water partition coefficient (Wildman–Crippen LogP) is 1.37. The van der Waals surface area contributed by atoms with Crippen molar-refractivity contribution in [1.82, 2.24) is 15.9 Å². The summed E-state index contributed by atoms with van der Waals surface area (Å²) in [6.45, 7) is 0.763. The van der Waals surface area contributed by atoms with Gasteiger partial charge in [-0.05, 0) is 43.7 Å². The zero-order chi connectivity index (χ0) is 18.5. The van der Waals surface area contributed by atoms with Crippen molar-refractivity contribution in [2.45, 2.75) is 32.1 Å². The van der Waals surface area contributed by atoms with E-state index in [1.54, 1.807) is 11.1 Å². The molecule has 0 radical (unpaired) electrons. The summed E-state index contributed by atoms with van der Waals surface area (Å²) in [5, 5.41) is 12.9. The van der Waals surface area contributed by atoms with Gasteiger partial charge in [-0.15, -0.1) is 5.53 Å². The van der Waals surface area contributed by atoms with Crippen LogP contribution in [0.4, 0.5) is 5.69 Å². The van der Waals surface area contributed by atoms with Crippen LogP contribution in [-0.2, 0) is 9.59 Å². The van der Waals surface area contributed by atoms with Crippen molar-refractivity contribution in [1.29, 1.82) is 0 Å². The first kappa shape index (κ1) is 18.2. The summed E-state index contributed by atoms with van der Waals surface area (Å²) in [6, 6.07) is 7.37. The van der Waals surface area contributed by atoms with Crippen LogP contribution in [0, 0.1) is 11.8 Å². The number of rotatable bonds is 6. The van der Waals surface area contributed by atoms with Crippen LogP contribution in [-0.4, -0.2) is 41.0 Å². The molecule has 0 bridgehead atoms. The van der Waals surface area contributed by atoms with Gasteiger partial charge < -0.3 is 15.8 Å². The molecule has 0 atom stereocenters. The molecule has 1 saturated carbocycles. The third-order valence-corrected chi connectivity index (χ3v) is 5.02. The average Bonchev–Trinajstić information content (AvgIpc) is 2.64. The standard InChI is InChI=1S/C18H24N4O4/c23-16(24)9-10-19-17(25)13-7-5-12(6-8-13)11-22-18(26)14-3-1-2-4-15(14)20-21-22/h1-4,12-13,20-21H,5-11H2,(H,19,25)(H,23,24). The summed E-state index contributed by atoms with van der Waals surface area (Å²) in [4.78, 5) is 35.1. The molecule has 8 heteroatoms. The molecule has 1 aliphatic heterocycles. The fraction of sp³-hybridized carbons (Fsp3) is 0.500. The Hall–Kier alpha value is -2.61. The summed E-state index contributed by atoms with van der Waals surface area (Å²) in [7, 11) is 0. The molecule has 0 aromatic heterocycles. The number of nitrogens with one attached hydrogen (secondary N) is 3. The zero-order valence-corrected chi connectivity index (χ0v) is 14.5. The molecule has 4 N–H and O–H groups in total. The third-order valence-electron chi connectivity index (χ3n) is 5.02. The minimum atomic E-state index is -0.914. The van der Waals surface area contributed by atoms with Gasteiger partial charge in [-0.25, -0.2) is 0 Å². The molecule has 1 aromatic carbocycles. The van der Waals surface area contributed by atoms with Gasteiger partial charge in [0, 0.05) is 19.0 Å². The largest absolute Gasteiger partial charge is 0.481 e. The Bertz CT molecular complexity index is 686. The number of fused-ring (bicyclic) bond motifs is 1. The van der Waals surface area contributed by atoms with Gasteiger partial charge in [0.1, 0.15) is 0 Å². The highest BCUT2D eigenvalue weighted by atomic mass is 16.4. The fourth-order valence-electron chi connectivity index (χ4n) is 3.53. The number of carboxylic acid groups (broad SMARTS) is 1. The maximum atomic E-state index is 12.5. The van der Waals surface area contributed by atoms with Gasteiger partial charge in [0.05, 0.1) is 17.7 Å². The number of nitrogens with zero attached hydrogens (tertiary/aromatic N) is 1. The number of hydrazine groups is 2. The molecule has 1 aromatic rings. The molecule has 0 spiro atoms. The smallest absolute Gasteiger partial charge is 0.305 e. The number of benzene rings is 1. The third kappa shape index (κ3) is 4.32. The SMILES string of the molecule is O=C(O)CCNC(=O)C1CCC(CN2NNc3ccccc3C2=O)CC1. The Kier molecular flexibility index (Phi) is 5.72. The van der Waals surface area contributed by atoms with E-state index < -0.39 is 5.97 Å². The highest BCUT2D eigenvalue weighted by Gasteiger charge is 2.30. The van der Waals surface area contributed by atoms with Crippen LogP contribution in [0.5, 0.6) is 0 Å². The van der Waals surface area contributed by atoms with Gasteiger partial charge in [0.15, 0.2) is 0 Å². The van der Waals surface area contributed by atoms with Crippen molar-refractivity contribution in [3.63, 3.8) is 0 Å². The van der Waals surface area contributed by atoms with Crippen molar-refractivity contribution in [3.8, 4) is 0 Å². The van der Waals surface area contributed by atoms with Gasteiger partial charge in [-0.3, -0.25) is 19.4 Å². The molecule has 3 rings (SSSR count). The van der Waals surface area contributed by atoms with Crippen molar-refractivity contribution in [2.75, 3.05) is 18.5 Å². The Balaban J connectivity index is 1.45. The van der Waals surface area contributed by atoms with Crippen LogP contribution in [0.15, 0.2) is 24.3 Å². The van der Waals surface area contributed by atoms with Crippen LogP contribution in [0.1, 0.15) is 42.5 Å². The van der Waals surface area contributed by atoms with Crippen molar-refractivity contribution in [2.24, 2.45) is 11.8 Å². The lowest BCUT2D eigenvalue weighted by molar-refractivity contribution is -0.137. The molecule has 2 amide bonds. The second-order valence-electron chi connectivity index (χ2n) is 6.85. The maximum Gasteiger partial charge on any atom is 0.305 e. The molecule has 1 heterocycles. The van der Waals surface area contributed by atoms with Crippen molar-refractivity contribution in [3.05, 3.63) is 29.8 Å². The van der Waals surface area contributed by atoms with Gasteiger partial charge in [-0.1, -0.05) is 12.1 Å². The lowest BCUT2D eigenvalue weighted by Crippen LogP contribution is -2.52. The second kappa shape index (κ2) is 8.18. The van der Waals surface area contributed by atoms with E-state index in [9.17, 15) is 14.4 Å². The van der Waals surface area contributed by atoms with Gasteiger partial charge in [0.2, 0.25) is 5.91 Å². The summed E-state index contributed by atoms with van der Waals surface area (Å²) in [5.74, 6) is -0.756. The van der Waals surface area contributed by atoms with Crippen LogP contribution in [0.2, 0.25) is 0 Å². The second-order valence-corrected chi connectivity index (χ2v) is 6.85. The number of hydrogen-bond acceptors (Lipinski definition) is 5. The number of carbonyl (C=O) groups excluding carboxylic acids is 2. The Morgan fingerprint density at radius 2 is 1.92 bits per heavy atom. The number of carbonyl (C=O) groups is 3. The minimum absolute atomic E-state index is 0.0483. The Morgan fingerprint density at radius 3 is 2.65 bits per heavy atom.